The summed E-state index contributed by atoms with van der Waals surface area (Å²) in [6.45, 7) is 8.89. The number of ketones is 1. The van der Waals surface area contributed by atoms with Crippen LogP contribution in [0.1, 0.15) is 53.4 Å². The van der Waals surface area contributed by atoms with Crippen molar-refractivity contribution in [2.24, 2.45) is 5.92 Å². The van der Waals surface area contributed by atoms with Crippen LogP contribution in [0.15, 0.2) is 11.6 Å². The van der Waals surface area contributed by atoms with Gasteiger partial charge in [0.2, 0.25) is 6.29 Å². The summed E-state index contributed by atoms with van der Waals surface area (Å²) < 4.78 is 10.7. The van der Waals surface area contributed by atoms with Gasteiger partial charge < -0.3 is 9.47 Å². The molecule has 1 heterocycles. The van der Waals surface area contributed by atoms with E-state index in [-0.39, 0.29) is 11.9 Å². The Morgan fingerprint density at radius 1 is 1.39 bits per heavy atom. The van der Waals surface area contributed by atoms with Crippen LogP contribution in [0.2, 0.25) is 0 Å². The largest absolute Gasteiger partial charge is 0.343 e. The van der Waals surface area contributed by atoms with Crippen LogP contribution in [0, 0.1) is 5.92 Å². The van der Waals surface area contributed by atoms with Gasteiger partial charge in [-0.2, -0.15) is 0 Å². The Kier molecular flexibility index (Phi) is 6.58. The Labute approximate surface area is 111 Å². The lowest BCUT2D eigenvalue weighted by Crippen LogP contribution is -2.22. The van der Waals surface area contributed by atoms with Crippen LogP contribution in [0.5, 0.6) is 0 Å². The fourth-order valence-electron chi connectivity index (χ4n) is 1.99. The molecule has 0 aliphatic carbocycles. The lowest BCUT2D eigenvalue weighted by molar-refractivity contribution is -0.146. The number of hydrogen-bond acceptors (Lipinski definition) is 3. The lowest BCUT2D eigenvalue weighted by Gasteiger charge is -2.12. The van der Waals surface area contributed by atoms with Gasteiger partial charge in [-0.1, -0.05) is 18.6 Å². The molecule has 0 bridgehead atoms. The number of hydrogen-bond donors (Lipinski definition) is 0. The van der Waals surface area contributed by atoms with Crippen molar-refractivity contribution in [1.82, 2.24) is 0 Å². The van der Waals surface area contributed by atoms with Crippen molar-refractivity contribution in [3.63, 3.8) is 0 Å². The first kappa shape index (κ1) is 15.4. The quantitative estimate of drug-likeness (QED) is 0.652. The van der Waals surface area contributed by atoms with E-state index in [0.717, 1.165) is 19.3 Å². The molecule has 18 heavy (non-hydrogen) atoms. The highest BCUT2D eigenvalue weighted by Gasteiger charge is 2.28. The van der Waals surface area contributed by atoms with Gasteiger partial charge in [0.1, 0.15) is 0 Å². The molecule has 104 valence electrons. The first-order valence-corrected chi connectivity index (χ1v) is 6.92. The van der Waals surface area contributed by atoms with Crippen LogP contribution in [-0.4, -0.2) is 24.8 Å². The normalized spacial score (nSPS) is 24.9. The maximum Gasteiger partial charge on any atom is 0.218 e. The zero-order chi connectivity index (χ0) is 13.5. The Morgan fingerprint density at radius 2 is 2.11 bits per heavy atom. The van der Waals surface area contributed by atoms with Gasteiger partial charge in [0.25, 0.3) is 0 Å². The van der Waals surface area contributed by atoms with E-state index in [1.165, 1.54) is 5.57 Å². The summed E-state index contributed by atoms with van der Waals surface area (Å²) in [6.07, 6.45) is 5.43. The van der Waals surface area contributed by atoms with Gasteiger partial charge >= 0.3 is 0 Å². The second-order valence-corrected chi connectivity index (χ2v) is 5.58. The second-order valence-electron chi connectivity index (χ2n) is 5.58. The Hall–Kier alpha value is -0.670. The Bertz CT molecular complexity index is 292. The highest BCUT2D eigenvalue weighted by molar-refractivity contribution is 5.81. The van der Waals surface area contributed by atoms with Crippen LogP contribution in [0.3, 0.4) is 0 Å². The van der Waals surface area contributed by atoms with E-state index in [2.05, 4.69) is 26.8 Å². The predicted molar refractivity (Wildman–Crippen MR) is 72.4 cm³/mol. The topological polar surface area (TPSA) is 35.5 Å². The predicted octanol–water partition coefficient (Wildman–Crippen LogP) is 3.48. The zero-order valence-corrected chi connectivity index (χ0v) is 12.1. The summed E-state index contributed by atoms with van der Waals surface area (Å²) in [4.78, 5) is 11.8. The summed E-state index contributed by atoms with van der Waals surface area (Å²) in [6, 6.07) is 0. The minimum Gasteiger partial charge on any atom is -0.343 e. The molecule has 0 saturated carbocycles. The van der Waals surface area contributed by atoms with E-state index >= 15 is 0 Å². The molecule has 3 unspecified atom stereocenters. The Morgan fingerprint density at radius 3 is 2.67 bits per heavy atom. The van der Waals surface area contributed by atoms with Crippen molar-refractivity contribution < 1.29 is 14.3 Å². The van der Waals surface area contributed by atoms with Gasteiger partial charge in [-0.05, 0) is 46.0 Å². The average molecular weight is 254 g/mol. The lowest BCUT2D eigenvalue weighted by atomic mass is 9.98. The molecule has 0 radical (unpaired) electrons. The molecule has 3 atom stereocenters. The van der Waals surface area contributed by atoms with Crippen molar-refractivity contribution in [2.45, 2.75) is 65.8 Å². The number of Topliss-reactive ketones (excluding diaryl/α,β-unsaturated/α-hetero) is 1. The molecule has 1 aliphatic heterocycles. The minimum atomic E-state index is -0.606. The zero-order valence-electron chi connectivity index (χ0n) is 12.1. The number of allylic oxidation sites excluding steroid dienone is 2. The summed E-state index contributed by atoms with van der Waals surface area (Å²) in [5.41, 5.74) is 1.36. The molecule has 0 aromatic heterocycles. The summed E-state index contributed by atoms with van der Waals surface area (Å²) >= 11 is 0. The van der Waals surface area contributed by atoms with E-state index in [1.54, 1.807) is 0 Å². The van der Waals surface area contributed by atoms with Gasteiger partial charge in [-0.15, -0.1) is 0 Å². The van der Waals surface area contributed by atoms with Gasteiger partial charge in [0, 0.05) is 6.42 Å². The summed E-state index contributed by atoms with van der Waals surface area (Å²) in [5.74, 6) is 0.664. The first-order valence-electron chi connectivity index (χ1n) is 6.92. The molecule has 0 amide bonds. The molecule has 0 N–H and O–H groups in total. The van der Waals surface area contributed by atoms with E-state index < -0.39 is 6.29 Å². The van der Waals surface area contributed by atoms with Crippen molar-refractivity contribution >= 4 is 5.78 Å². The molecule has 3 nitrogen and oxygen atoms in total. The fraction of sp³-hybridized carbons (Fsp3) is 0.800. The third-order valence-electron chi connectivity index (χ3n) is 3.20. The van der Waals surface area contributed by atoms with Crippen LogP contribution in [0.4, 0.5) is 0 Å². The van der Waals surface area contributed by atoms with Gasteiger partial charge in [0.05, 0.1) is 12.7 Å². The van der Waals surface area contributed by atoms with Crippen LogP contribution in [0.25, 0.3) is 0 Å². The third kappa shape index (κ3) is 5.78. The molecule has 3 heteroatoms. The fourth-order valence-corrected chi connectivity index (χ4v) is 1.99. The highest BCUT2D eigenvalue weighted by Crippen LogP contribution is 2.18. The SMILES string of the molecule is CC(C)=CCCC(C)CCC(=O)C1OCC(C)O1. The van der Waals surface area contributed by atoms with Gasteiger partial charge in [0.15, 0.2) is 5.78 Å². The molecule has 0 aromatic rings. The van der Waals surface area contributed by atoms with Gasteiger partial charge in [-0.25, -0.2) is 0 Å². The smallest absolute Gasteiger partial charge is 0.218 e. The van der Waals surface area contributed by atoms with Crippen molar-refractivity contribution in [2.75, 3.05) is 6.61 Å². The second kappa shape index (κ2) is 7.70. The van der Waals surface area contributed by atoms with E-state index in [0.29, 0.717) is 18.9 Å². The molecule has 0 spiro atoms. The maximum absolute atomic E-state index is 11.8. The molecule has 0 aromatic carbocycles. The van der Waals surface area contributed by atoms with Crippen LogP contribution < -0.4 is 0 Å². The monoisotopic (exact) mass is 254 g/mol. The average Bonchev–Trinajstić information content (AvgIpc) is 2.72. The van der Waals surface area contributed by atoms with Crippen LogP contribution >= 0.6 is 0 Å². The first-order chi connectivity index (χ1) is 8.49. The Balaban J connectivity index is 2.16. The van der Waals surface area contributed by atoms with Crippen molar-refractivity contribution in [3.05, 3.63) is 11.6 Å². The number of ether oxygens (including phenoxy) is 2. The van der Waals surface area contributed by atoms with Crippen molar-refractivity contribution in [1.29, 1.82) is 0 Å². The molecule has 1 aliphatic rings. The number of carbonyl (C=O) groups excluding carboxylic acids is 1. The molecular weight excluding hydrogens is 228 g/mol. The number of carbonyl (C=O) groups is 1. The molecule has 1 fully saturated rings. The summed E-state index contributed by atoms with van der Waals surface area (Å²) in [7, 11) is 0. The minimum absolute atomic E-state index is 0.0500. The van der Waals surface area contributed by atoms with Crippen molar-refractivity contribution in [3.8, 4) is 0 Å². The van der Waals surface area contributed by atoms with E-state index in [9.17, 15) is 4.79 Å². The van der Waals surface area contributed by atoms with E-state index in [4.69, 9.17) is 9.47 Å². The highest BCUT2D eigenvalue weighted by atomic mass is 16.7. The van der Waals surface area contributed by atoms with Crippen LogP contribution in [-0.2, 0) is 14.3 Å². The third-order valence-corrected chi connectivity index (χ3v) is 3.20. The number of rotatable bonds is 7. The van der Waals surface area contributed by atoms with Gasteiger partial charge in [-0.3, -0.25) is 4.79 Å². The molecular formula is C15H26O3. The molecule has 1 rings (SSSR count). The standard InChI is InChI=1S/C15H26O3/c1-11(2)6-5-7-12(3)8-9-14(16)15-17-10-13(4)18-15/h6,12-13,15H,5,7-10H2,1-4H3. The maximum atomic E-state index is 11.8. The molecule has 1 saturated heterocycles. The summed E-state index contributed by atoms with van der Waals surface area (Å²) in [5, 5.41) is 0. The van der Waals surface area contributed by atoms with E-state index in [1.807, 2.05) is 6.92 Å².